The second-order valence-electron chi connectivity index (χ2n) is 4.23. The van der Waals surface area contributed by atoms with Crippen LogP contribution >= 0.6 is 46.4 Å². The fourth-order valence-electron chi connectivity index (χ4n) is 1.63. The van der Waals surface area contributed by atoms with Crippen LogP contribution in [0.2, 0.25) is 5.02 Å². The SMILES string of the molecule is CC(C(=O)O)c1cc(C(Cl)(Cl)Cl)n(-c2ncccc2Cl)n1. The van der Waals surface area contributed by atoms with Gasteiger partial charge in [-0.2, -0.15) is 5.10 Å². The van der Waals surface area contributed by atoms with Gasteiger partial charge in [0.05, 0.1) is 22.3 Å². The summed E-state index contributed by atoms with van der Waals surface area (Å²) in [7, 11) is 0. The largest absolute Gasteiger partial charge is 0.481 e. The Kier molecular flexibility index (Phi) is 4.68. The molecule has 0 aliphatic rings. The van der Waals surface area contributed by atoms with Crippen molar-refractivity contribution in [2.75, 3.05) is 0 Å². The van der Waals surface area contributed by atoms with Crippen molar-refractivity contribution in [3.05, 3.63) is 40.8 Å². The van der Waals surface area contributed by atoms with E-state index in [-0.39, 0.29) is 17.2 Å². The van der Waals surface area contributed by atoms with Crippen molar-refractivity contribution in [3.63, 3.8) is 0 Å². The minimum absolute atomic E-state index is 0.163. The Hall–Kier alpha value is -1.01. The van der Waals surface area contributed by atoms with Gasteiger partial charge in [-0.1, -0.05) is 46.4 Å². The van der Waals surface area contributed by atoms with Crippen LogP contribution in [0, 0.1) is 0 Å². The molecule has 0 aliphatic heterocycles. The summed E-state index contributed by atoms with van der Waals surface area (Å²) in [6.07, 6.45) is 1.51. The van der Waals surface area contributed by atoms with Gasteiger partial charge in [0.15, 0.2) is 5.82 Å². The molecule has 0 saturated heterocycles. The van der Waals surface area contributed by atoms with Crippen LogP contribution in [0.1, 0.15) is 24.2 Å². The topological polar surface area (TPSA) is 68.0 Å². The van der Waals surface area contributed by atoms with Gasteiger partial charge in [-0.25, -0.2) is 9.67 Å². The van der Waals surface area contributed by atoms with Crippen LogP contribution in [-0.2, 0) is 8.59 Å². The number of carboxylic acids is 1. The van der Waals surface area contributed by atoms with Gasteiger partial charge in [0.1, 0.15) is 0 Å². The highest BCUT2D eigenvalue weighted by Crippen LogP contribution is 2.40. The third-order valence-corrected chi connectivity index (χ3v) is 3.65. The predicted molar refractivity (Wildman–Crippen MR) is 81.7 cm³/mol. The van der Waals surface area contributed by atoms with Gasteiger partial charge in [0, 0.05) is 6.20 Å². The minimum Gasteiger partial charge on any atom is -0.481 e. The summed E-state index contributed by atoms with van der Waals surface area (Å²) in [5.41, 5.74) is 0.404. The molecule has 1 atom stereocenters. The Morgan fingerprint density at radius 2 is 2.10 bits per heavy atom. The molecular weight excluding hydrogens is 360 g/mol. The number of aliphatic carboxylic acids is 1. The lowest BCUT2D eigenvalue weighted by Crippen LogP contribution is -2.12. The molecule has 0 bridgehead atoms. The van der Waals surface area contributed by atoms with Crippen molar-refractivity contribution in [2.45, 2.75) is 16.6 Å². The van der Waals surface area contributed by atoms with E-state index in [9.17, 15) is 4.79 Å². The normalized spacial score (nSPS) is 13.2. The van der Waals surface area contributed by atoms with Crippen molar-refractivity contribution < 1.29 is 9.90 Å². The standard InChI is InChI=1S/C12H9Cl4N3O2/c1-6(11(20)21)8-5-9(12(14,15)16)19(18-8)10-7(13)3-2-4-17-10/h2-6H,1H3,(H,20,21). The molecule has 0 aliphatic carbocycles. The molecule has 2 aromatic heterocycles. The van der Waals surface area contributed by atoms with E-state index in [0.717, 1.165) is 0 Å². The summed E-state index contributed by atoms with van der Waals surface area (Å²) < 4.78 is -0.561. The second-order valence-corrected chi connectivity index (χ2v) is 6.92. The summed E-state index contributed by atoms with van der Waals surface area (Å²) in [4.78, 5) is 15.2. The van der Waals surface area contributed by atoms with Crippen molar-refractivity contribution in [2.24, 2.45) is 0 Å². The zero-order valence-corrected chi connectivity index (χ0v) is 13.6. The summed E-state index contributed by atoms with van der Waals surface area (Å²) in [5.74, 6) is -1.65. The Morgan fingerprint density at radius 3 is 2.62 bits per heavy atom. The van der Waals surface area contributed by atoms with E-state index in [4.69, 9.17) is 51.5 Å². The quantitative estimate of drug-likeness (QED) is 0.833. The maximum atomic E-state index is 11.1. The lowest BCUT2D eigenvalue weighted by molar-refractivity contribution is -0.138. The first-order valence-corrected chi connectivity index (χ1v) is 7.24. The fraction of sp³-hybridized carbons (Fsp3) is 0.250. The molecule has 21 heavy (non-hydrogen) atoms. The zero-order valence-electron chi connectivity index (χ0n) is 10.6. The summed E-state index contributed by atoms with van der Waals surface area (Å²) in [6.45, 7) is 1.48. The van der Waals surface area contributed by atoms with Crippen LogP contribution in [0.3, 0.4) is 0 Å². The molecule has 1 unspecified atom stereocenters. The molecule has 112 valence electrons. The number of alkyl halides is 3. The molecule has 0 spiro atoms. The van der Waals surface area contributed by atoms with Crippen molar-refractivity contribution >= 4 is 52.4 Å². The highest BCUT2D eigenvalue weighted by molar-refractivity contribution is 6.66. The number of halogens is 4. The Labute approximate surface area is 140 Å². The average molecular weight is 369 g/mol. The lowest BCUT2D eigenvalue weighted by atomic mass is 10.1. The van der Waals surface area contributed by atoms with E-state index in [1.54, 1.807) is 12.1 Å². The van der Waals surface area contributed by atoms with Gasteiger partial charge in [-0.15, -0.1) is 0 Å². The lowest BCUT2D eigenvalue weighted by Gasteiger charge is -2.13. The van der Waals surface area contributed by atoms with Crippen molar-refractivity contribution in [3.8, 4) is 5.82 Å². The average Bonchev–Trinajstić information content (AvgIpc) is 2.83. The van der Waals surface area contributed by atoms with Crippen LogP contribution in [-0.4, -0.2) is 25.8 Å². The summed E-state index contributed by atoms with van der Waals surface area (Å²) >= 11 is 23.8. The Balaban J connectivity index is 2.64. The van der Waals surface area contributed by atoms with E-state index in [1.807, 2.05) is 0 Å². The number of pyridine rings is 1. The van der Waals surface area contributed by atoms with Crippen LogP contribution in [0.4, 0.5) is 0 Å². The molecule has 2 rings (SSSR count). The molecule has 0 aromatic carbocycles. The van der Waals surface area contributed by atoms with Gasteiger partial charge in [-0.05, 0) is 25.1 Å². The van der Waals surface area contributed by atoms with Crippen LogP contribution in [0.5, 0.6) is 0 Å². The van der Waals surface area contributed by atoms with Crippen molar-refractivity contribution in [1.29, 1.82) is 0 Å². The second kappa shape index (κ2) is 6.01. The van der Waals surface area contributed by atoms with Gasteiger partial charge >= 0.3 is 5.97 Å². The minimum atomic E-state index is -1.80. The Bertz CT molecular complexity index is 681. The van der Waals surface area contributed by atoms with Crippen LogP contribution in [0.25, 0.3) is 5.82 Å². The number of aromatic nitrogens is 3. The summed E-state index contributed by atoms with van der Waals surface area (Å²) in [6, 6.07) is 4.66. The van der Waals surface area contributed by atoms with Crippen LogP contribution in [0.15, 0.2) is 24.4 Å². The molecule has 5 nitrogen and oxygen atoms in total. The molecule has 1 N–H and O–H groups in total. The van der Waals surface area contributed by atoms with Crippen molar-refractivity contribution in [1.82, 2.24) is 14.8 Å². The van der Waals surface area contributed by atoms with E-state index in [0.29, 0.717) is 5.02 Å². The predicted octanol–water partition coefficient (Wildman–Crippen LogP) is 3.94. The molecule has 0 radical (unpaired) electrons. The van der Waals surface area contributed by atoms with Gasteiger partial charge < -0.3 is 5.11 Å². The van der Waals surface area contributed by atoms with E-state index < -0.39 is 15.7 Å². The number of nitrogens with zero attached hydrogens (tertiary/aromatic N) is 3. The number of hydrogen-bond donors (Lipinski definition) is 1. The van der Waals surface area contributed by atoms with Gasteiger partial charge in [0.2, 0.25) is 3.79 Å². The third kappa shape index (κ3) is 3.43. The van der Waals surface area contributed by atoms with Gasteiger partial charge in [0.25, 0.3) is 0 Å². The van der Waals surface area contributed by atoms with Gasteiger partial charge in [-0.3, -0.25) is 4.79 Å². The van der Waals surface area contributed by atoms with Crippen LogP contribution < -0.4 is 0 Å². The molecule has 9 heteroatoms. The molecule has 0 saturated carbocycles. The first kappa shape index (κ1) is 16.4. The molecule has 2 aromatic rings. The number of carboxylic acid groups (broad SMARTS) is 1. The van der Waals surface area contributed by atoms with E-state index in [1.165, 1.54) is 23.9 Å². The molecule has 0 amide bonds. The monoisotopic (exact) mass is 367 g/mol. The smallest absolute Gasteiger partial charge is 0.312 e. The maximum Gasteiger partial charge on any atom is 0.312 e. The molecule has 0 fully saturated rings. The fourth-order valence-corrected chi connectivity index (χ4v) is 2.24. The molecule has 2 heterocycles. The molecular formula is C12H9Cl4N3O2. The first-order chi connectivity index (χ1) is 9.71. The first-order valence-electron chi connectivity index (χ1n) is 5.72. The Morgan fingerprint density at radius 1 is 1.43 bits per heavy atom. The highest BCUT2D eigenvalue weighted by atomic mass is 35.6. The number of carbonyl (C=O) groups is 1. The maximum absolute atomic E-state index is 11.1. The number of hydrogen-bond acceptors (Lipinski definition) is 3. The van der Waals surface area contributed by atoms with E-state index >= 15 is 0 Å². The highest BCUT2D eigenvalue weighted by Gasteiger charge is 2.32. The number of rotatable bonds is 3. The van der Waals surface area contributed by atoms with E-state index in [2.05, 4.69) is 10.1 Å². The summed E-state index contributed by atoms with van der Waals surface area (Å²) in [5, 5.41) is 13.5. The zero-order chi connectivity index (χ0) is 15.8. The third-order valence-electron chi connectivity index (χ3n) is 2.77.